The first-order valence-corrected chi connectivity index (χ1v) is 28.2. The summed E-state index contributed by atoms with van der Waals surface area (Å²) in [6.45, 7) is 8.67. The molecule has 4 aromatic rings. The van der Waals surface area contributed by atoms with E-state index >= 15 is 0 Å². The van der Waals surface area contributed by atoms with Gasteiger partial charge < -0.3 is 61.9 Å². The summed E-state index contributed by atoms with van der Waals surface area (Å²) in [5, 5.41) is 30.5. The number of carbonyl (C=O) groups is 11. The van der Waals surface area contributed by atoms with Gasteiger partial charge in [0.15, 0.2) is 0 Å². The molecular weight excluding hydrogens is 1110 g/mol. The van der Waals surface area contributed by atoms with Crippen molar-refractivity contribution in [2.24, 2.45) is 5.92 Å². The van der Waals surface area contributed by atoms with Gasteiger partial charge in [0.1, 0.15) is 42.0 Å². The van der Waals surface area contributed by atoms with Crippen LogP contribution in [0.2, 0.25) is 0 Å². The number of amides is 10. The number of hydrogen-bond acceptors (Lipinski definition) is 14. The fourth-order valence-corrected chi connectivity index (χ4v) is 9.00. The summed E-state index contributed by atoms with van der Waals surface area (Å²) in [5.74, 6) is -6.92. The number of ether oxygens (including phenoxy) is 3. The minimum atomic E-state index is -1.55. The lowest BCUT2D eigenvalue weighted by molar-refractivity contribution is -0.142. The Morgan fingerprint density at radius 3 is 1.67 bits per heavy atom. The zero-order valence-electron chi connectivity index (χ0n) is 49.1. The highest BCUT2D eigenvalue weighted by atomic mass is 16.6. The number of rotatable bonds is 32. The van der Waals surface area contributed by atoms with Crippen LogP contribution in [0, 0.1) is 5.92 Å². The van der Waals surface area contributed by atoms with E-state index in [1.807, 2.05) is 105 Å². The highest BCUT2D eigenvalue weighted by molar-refractivity contribution is 6.13. The predicted octanol–water partition coefficient (Wildman–Crippen LogP) is 4.47. The SMILES string of the molecule is CC(=O)N[C@@H](CCC(=O)N[C@@H](CC(C)C)C(=O)N[C@@H](COC(c1ccccc1)(c1ccccc1)c1ccccc1)C(=O)NCC(=O)N[C@@H](CCCCNC(=O)OC(C)(C)C)C(=O)Nc1ccc(COC(=O)NCCN2C(=O)C=CC2=O)cc1)C(=O)O. The standard InChI is InChI=1S/C62H77N9O15/c1-40(2)36-49(69-51(73)30-29-48(58(80)81)66-41(3)72)57(79)70-50(39-85-62(43-18-10-7-11-19-43,44-20-12-8-13-21-44)45-22-14-9-15-23-45)55(77)65-37-52(74)68-47(24-16-17-33-63-60(83)86-61(4,5)6)56(78)67-46-27-25-42(26-28-46)38-84-59(82)64-34-35-71-53(75)31-32-54(71)76/h7-15,18-23,25-28,31-32,40,47-50H,16-17,24,29-30,33-39H2,1-6H3,(H,63,83)(H,64,82)(H,65,77)(H,66,72)(H,67,78)(H,68,74)(H,69,73)(H,70,79)(H,80,81)/t47-,48-,49-,50-/m0/s1. The molecule has 1 heterocycles. The minimum absolute atomic E-state index is 0.0333. The molecule has 10 amide bonds. The van der Waals surface area contributed by atoms with E-state index in [0.717, 1.165) is 24.0 Å². The Morgan fingerprint density at radius 2 is 1.14 bits per heavy atom. The summed E-state index contributed by atoms with van der Waals surface area (Å²) in [5.41, 5.74) is 0.745. The zero-order valence-corrected chi connectivity index (χ0v) is 49.1. The van der Waals surface area contributed by atoms with Crippen LogP contribution in [0.15, 0.2) is 127 Å². The molecule has 0 aromatic heterocycles. The zero-order chi connectivity index (χ0) is 62.8. The number of carboxylic acid groups (broad SMARTS) is 1. The van der Waals surface area contributed by atoms with Crippen LogP contribution in [-0.4, -0.2) is 138 Å². The molecule has 0 bridgehead atoms. The van der Waals surface area contributed by atoms with E-state index in [1.165, 1.54) is 0 Å². The van der Waals surface area contributed by atoms with Crippen molar-refractivity contribution in [1.82, 2.24) is 42.1 Å². The maximum absolute atomic E-state index is 14.6. The highest BCUT2D eigenvalue weighted by Crippen LogP contribution is 2.40. The Morgan fingerprint density at radius 1 is 0.581 bits per heavy atom. The molecule has 0 aliphatic carbocycles. The van der Waals surface area contributed by atoms with E-state index in [0.29, 0.717) is 40.8 Å². The van der Waals surface area contributed by atoms with E-state index in [4.69, 9.17) is 14.2 Å². The maximum atomic E-state index is 14.6. The van der Waals surface area contributed by atoms with E-state index in [9.17, 15) is 57.8 Å². The summed E-state index contributed by atoms with van der Waals surface area (Å²) < 4.78 is 17.5. The normalized spacial score (nSPS) is 13.5. The van der Waals surface area contributed by atoms with Crippen molar-refractivity contribution in [3.8, 4) is 0 Å². The number of alkyl carbamates (subject to hydrolysis) is 2. The third kappa shape index (κ3) is 21.9. The van der Waals surface area contributed by atoms with Crippen molar-refractivity contribution in [2.75, 3.05) is 38.1 Å². The molecular formula is C62H77N9O15. The van der Waals surface area contributed by atoms with Crippen LogP contribution in [-0.2, 0) is 69.6 Å². The molecule has 86 heavy (non-hydrogen) atoms. The second-order valence-electron chi connectivity index (χ2n) is 21.6. The van der Waals surface area contributed by atoms with Crippen molar-refractivity contribution in [1.29, 1.82) is 0 Å². The Kier molecular flexibility index (Phi) is 26.0. The number of nitrogens with one attached hydrogen (secondary N) is 8. The van der Waals surface area contributed by atoms with Gasteiger partial charge in [0.25, 0.3) is 11.8 Å². The minimum Gasteiger partial charge on any atom is -0.480 e. The van der Waals surface area contributed by atoms with Gasteiger partial charge >= 0.3 is 18.2 Å². The lowest BCUT2D eigenvalue weighted by Crippen LogP contribution is -2.57. The fourth-order valence-electron chi connectivity index (χ4n) is 9.00. The summed E-state index contributed by atoms with van der Waals surface area (Å²) in [4.78, 5) is 143. The largest absolute Gasteiger partial charge is 0.480 e. The topological polar surface area (TPSA) is 335 Å². The number of carboxylic acids is 1. The van der Waals surface area contributed by atoms with Crippen molar-refractivity contribution in [2.45, 2.75) is 122 Å². The molecule has 1 aliphatic rings. The van der Waals surface area contributed by atoms with Crippen molar-refractivity contribution >= 4 is 71.1 Å². The Labute approximate surface area is 499 Å². The van der Waals surface area contributed by atoms with Crippen LogP contribution in [0.4, 0.5) is 15.3 Å². The van der Waals surface area contributed by atoms with Gasteiger partial charge in [0.05, 0.1) is 13.2 Å². The number of unbranched alkanes of at least 4 members (excludes halogenated alkanes) is 1. The molecule has 24 heteroatoms. The molecule has 0 saturated heterocycles. The van der Waals surface area contributed by atoms with Crippen LogP contribution in [0.3, 0.4) is 0 Å². The lowest BCUT2D eigenvalue weighted by atomic mass is 9.80. The molecule has 460 valence electrons. The number of anilines is 1. The average Bonchev–Trinajstić information content (AvgIpc) is 1.48. The molecule has 0 fully saturated rings. The molecule has 9 N–H and O–H groups in total. The van der Waals surface area contributed by atoms with Gasteiger partial charge in [0.2, 0.25) is 35.4 Å². The monoisotopic (exact) mass is 1190 g/mol. The van der Waals surface area contributed by atoms with Gasteiger partial charge in [-0.25, -0.2) is 14.4 Å². The molecule has 0 saturated carbocycles. The quantitative estimate of drug-likeness (QED) is 0.0185. The lowest BCUT2D eigenvalue weighted by Gasteiger charge is -2.37. The first-order valence-electron chi connectivity index (χ1n) is 28.2. The number of benzene rings is 4. The predicted molar refractivity (Wildman–Crippen MR) is 315 cm³/mol. The van der Waals surface area contributed by atoms with E-state index in [2.05, 4.69) is 42.5 Å². The Hall–Kier alpha value is -9.45. The molecule has 4 aromatic carbocycles. The van der Waals surface area contributed by atoms with Crippen molar-refractivity contribution < 1.29 is 72.1 Å². The van der Waals surface area contributed by atoms with Crippen LogP contribution in [0.1, 0.15) is 102 Å². The molecule has 0 unspecified atom stereocenters. The Balaban J connectivity index is 1.35. The smallest absolute Gasteiger partial charge is 0.407 e. The van der Waals surface area contributed by atoms with Gasteiger partial charge in [-0.05, 0) is 93.2 Å². The fraction of sp³-hybridized carbons (Fsp3) is 0.403. The average molecular weight is 1190 g/mol. The van der Waals surface area contributed by atoms with E-state index < -0.39 is 114 Å². The summed E-state index contributed by atoms with van der Waals surface area (Å²) >= 11 is 0. The second kappa shape index (κ2) is 33.1. The Bertz CT molecular complexity index is 2890. The van der Waals surface area contributed by atoms with Gasteiger partial charge in [0, 0.05) is 50.8 Å². The van der Waals surface area contributed by atoms with E-state index in [1.54, 1.807) is 45.0 Å². The van der Waals surface area contributed by atoms with Crippen LogP contribution >= 0.6 is 0 Å². The van der Waals surface area contributed by atoms with E-state index in [-0.39, 0.29) is 57.8 Å². The van der Waals surface area contributed by atoms with Crippen molar-refractivity contribution in [3.05, 3.63) is 150 Å². The molecule has 0 spiro atoms. The second-order valence-corrected chi connectivity index (χ2v) is 21.6. The summed E-state index contributed by atoms with van der Waals surface area (Å²) in [7, 11) is 0. The number of aliphatic carboxylic acids is 1. The van der Waals surface area contributed by atoms with Gasteiger partial charge in [-0.2, -0.15) is 0 Å². The maximum Gasteiger partial charge on any atom is 0.407 e. The van der Waals surface area contributed by atoms with Crippen LogP contribution in [0.5, 0.6) is 0 Å². The molecule has 1 aliphatic heterocycles. The molecule has 24 nitrogen and oxygen atoms in total. The first kappa shape index (κ1) is 67.3. The van der Waals surface area contributed by atoms with Gasteiger partial charge in [-0.1, -0.05) is 117 Å². The number of imide groups is 1. The van der Waals surface area contributed by atoms with Gasteiger partial charge in [-0.3, -0.25) is 43.3 Å². The third-order valence-corrected chi connectivity index (χ3v) is 13.1. The molecule has 4 atom stereocenters. The number of nitrogens with zero attached hydrogens (tertiary/aromatic N) is 1. The van der Waals surface area contributed by atoms with Gasteiger partial charge in [-0.15, -0.1) is 0 Å². The number of carbonyl (C=O) groups excluding carboxylic acids is 10. The van der Waals surface area contributed by atoms with Crippen LogP contribution < -0.4 is 42.5 Å². The first-order chi connectivity index (χ1) is 40.9. The highest BCUT2D eigenvalue weighted by Gasteiger charge is 2.40. The molecule has 5 rings (SSSR count). The third-order valence-electron chi connectivity index (χ3n) is 13.1. The number of hydrogen-bond donors (Lipinski definition) is 9. The van der Waals surface area contributed by atoms with Crippen LogP contribution in [0.25, 0.3) is 0 Å². The molecule has 0 radical (unpaired) electrons. The summed E-state index contributed by atoms with van der Waals surface area (Å²) in [6.07, 6.45) is 1.04. The summed E-state index contributed by atoms with van der Waals surface area (Å²) in [6, 6.07) is 28.6. The van der Waals surface area contributed by atoms with Crippen molar-refractivity contribution in [3.63, 3.8) is 0 Å².